The lowest BCUT2D eigenvalue weighted by Crippen LogP contribution is -2.42. The van der Waals surface area contributed by atoms with Crippen LogP contribution in [-0.4, -0.2) is 78.1 Å². The molecule has 1 saturated heterocycles. The molecule has 1 N–H and O–H groups in total. The number of carbonyl (C=O) groups is 1. The molecule has 2 heterocycles. The quantitative estimate of drug-likeness (QED) is 0.203. The van der Waals surface area contributed by atoms with E-state index in [1.807, 2.05) is 38.9 Å². The number of carbonyl (C=O) groups excluding carboxylic acids is 1. The number of piperidine rings is 1. The first-order chi connectivity index (χ1) is 17.4. The highest BCUT2D eigenvalue weighted by Gasteiger charge is 2.29. The van der Waals surface area contributed by atoms with Crippen molar-refractivity contribution in [3.8, 4) is 0 Å². The van der Waals surface area contributed by atoms with Gasteiger partial charge in [-0.15, -0.1) is 0 Å². The molecule has 210 valence electrons. The van der Waals surface area contributed by atoms with E-state index in [-0.39, 0.29) is 24.2 Å². The van der Waals surface area contributed by atoms with E-state index >= 15 is 0 Å². The first-order valence-electron chi connectivity index (χ1n) is 13.3. The van der Waals surface area contributed by atoms with Crippen LogP contribution in [0.4, 0.5) is 10.2 Å². The third kappa shape index (κ3) is 10.3. The monoisotopic (exact) mass is 539 g/mol. The normalized spacial score (nSPS) is 16.3. The zero-order valence-corrected chi connectivity index (χ0v) is 24.5. The van der Waals surface area contributed by atoms with E-state index in [9.17, 15) is 9.18 Å². The fraction of sp³-hybridized carbons (Fsp3) is 0.741. The van der Waals surface area contributed by atoms with Gasteiger partial charge >= 0.3 is 0 Å². The molecule has 0 saturated carbocycles. The molecule has 0 bridgehead atoms. The fourth-order valence-electron chi connectivity index (χ4n) is 4.01. The zero-order chi connectivity index (χ0) is 27.6. The van der Waals surface area contributed by atoms with Crippen molar-refractivity contribution in [3.05, 3.63) is 24.2 Å². The van der Waals surface area contributed by atoms with Gasteiger partial charge in [0.1, 0.15) is 23.7 Å². The molecule has 0 radical (unpaired) electrons. The first-order valence-corrected chi connectivity index (χ1v) is 14.5. The van der Waals surface area contributed by atoms with E-state index in [4.69, 9.17) is 9.47 Å². The van der Waals surface area contributed by atoms with Gasteiger partial charge in [-0.05, 0) is 66.2 Å². The molecular weight excluding hydrogens is 493 g/mol. The van der Waals surface area contributed by atoms with Gasteiger partial charge in [-0.25, -0.2) is 14.4 Å². The fourth-order valence-corrected chi connectivity index (χ4v) is 4.39. The zero-order valence-electron chi connectivity index (χ0n) is 23.7. The van der Waals surface area contributed by atoms with Crippen LogP contribution in [0.1, 0.15) is 72.9 Å². The Labute approximate surface area is 226 Å². The summed E-state index contributed by atoms with van der Waals surface area (Å²) in [6.07, 6.45) is 4.69. The number of hydrogen-bond donors (Lipinski definition) is 1. The van der Waals surface area contributed by atoms with Crippen molar-refractivity contribution < 1.29 is 18.7 Å². The summed E-state index contributed by atoms with van der Waals surface area (Å²) in [5.41, 5.74) is -1.38. The Kier molecular flexibility index (Phi) is 11.9. The molecule has 0 spiro atoms. The number of thioether (sulfide) groups is 1. The van der Waals surface area contributed by atoms with Gasteiger partial charge < -0.3 is 24.6 Å². The van der Waals surface area contributed by atoms with Crippen LogP contribution < -0.4 is 10.2 Å². The van der Waals surface area contributed by atoms with Crippen LogP contribution in [0.25, 0.3) is 0 Å². The van der Waals surface area contributed by atoms with Crippen LogP contribution in [0.2, 0.25) is 0 Å². The highest BCUT2D eigenvalue weighted by molar-refractivity contribution is 7.98. The van der Waals surface area contributed by atoms with Crippen molar-refractivity contribution in [2.75, 3.05) is 50.5 Å². The number of aromatic nitrogens is 2. The summed E-state index contributed by atoms with van der Waals surface area (Å²) >= 11 is 1.42. The highest BCUT2D eigenvalue weighted by Crippen LogP contribution is 2.31. The smallest absolute Gasteiger partial charge is 0.248 e. The van der Waals surface area contributed by atoms with E-state index < -0.39 is 5.67 Å². The molecule has 1 aromatic rings. The maximum atomic E-state index is 15.0. The second-order valence-electron chi connectivity index (χ2n) is 10.6. The molecule has 1 fully saturated rings. The number of alkyl halides is 1. The average molecular weight is 540 g/mol. The minimum atomic E-state index is -1.49. The first kappa shape index (κ1) is 31.1. The van der Waals surface area contributed by atoms with Gasteiger partial charge in [-0.3, -0.25) is 4.79 Å². The number of hydrogen-bond acceptors (Lipinski definition) is 8. The Morgan fingerprint density at radius 2 is 1.92 bits per heavy atom. The molecule has 1 aromatic heterocycles. The summed E-state index contributed by atoms with van der Waals surface area (Å²) in [7, 11) is 0. The van der Waals surface area contributed by atoms with E-state index in [0.717, 1.165) is 38.2 Å². The molecule has 10 heteroatoms. The molecule has 0 aliphatic carbocycles. The summed E-state index contributed by atoms with van der Waals surface area (Å²) in [6.45, 7) is 18.5. The Balaban J connectivity index is 1.85. The summed E-state index contributed by atoms with van der Waals surface area (Å²) < 4.78 is 26.7. The van der Waals surface area contributed by atoms with Crippen molar-refractivity contribution in [1.82, 2.24) is 20.2 Å². The Morgan fingerprint density at radius 1 is 1.24 bits per heavy atom. The molecule has 1 atom stereocenters. The summed E-state index contributed by atoms with van der Waals surface area (Å²) in [5.74, 6) is 1.24. The largest absolute Gasteiger partial charge is 0.474 e. The predicted octanol–water partition coefficient (Wildman–Crippen LogP) is 4.89. The number of nitrogens with one attached hydrogen (secondary N) is 1. The number of nitrogens with zero attached hydrogens (tertiary/aromatic N) is 4. The van der Waals surface area contributed by atoms with Crippen LogP contribution in [0.15, 0.2) is 23.7 Å². The Morgan fingerprint density at radius 3 is 2.49 bits per heavy atom. The van der Waals surface area contributed by atoms with E-state index in [0.29, 0.717) is 42.8 Å². The third-order valence-corrected chi connectivity index (χ3v) is 6.81. The maximum absolute atomic E-state index is 15.0. The van der Waals surface area contributed by atoms with Gasteiger partial charge in [0.05, 0.1) is 11.8 Å². The molecule has 8 nitrogen and oxygen atoms in total. The van der Waals surface area contributed by atoms with E-state index in [2.05, 4.69) is 33.7 Å². The van der Waals surface area contributed by atoms with Crippen molar-refractivity contribution in [2.45, 2.75) is 89.8 Å². The number of rotatable bonds is 14. The van der Waals surface area contributed by atoms with Crippen molar-refractivity contribution in [3.63, 3.8) is 0 Å². The minimum Gasteiger partial charge on any atom is -0.474 e. The molecule has 1 aliphatic rings. The van der Waals surface area contributed by atoms with Crippen LogP contribution in [-0.2, 0) is 19.9 Å². The van der Waals surface area contributed by atoms with Crippen molar-refractivity contribution in [2.24, 2.45) is 0 Å². The molecule has 1 aliphatic heterocycles. The topological polar surface area (TPSA) is 79.8 Å². The lowest BCUT2D eigenvalue weighted by molar-refractivity contribution is -0.138. The van der Waals surface area contributed by atoms with E-state index in [1.165, 1.54) is 11.8 Å². The Hall–Kier alpha value is -2.07. The molecule has 1 unspecified atom stereocenters. The van der Waals surface area contributed by atoms with Crippen LogP contribution >= 0.6 is 11.8 Å². The summed E-state index contributed by atoms with van der Waals surface area (Å²) in [5, 5.41) is 3.72. The highest BCUT2D eigenvalue weighted by atomic mass is 32.2. The lowest BCUT2D eigenvalue weighted by Gasteiger charge is -2.33. The molecule has 2 rings (SSSR count). The van der Waals surface area contributed by atoms with Gasteiger partial charge in [-0.1, -0.05) is 25.6 Å². The van der Waals surface area contributed by atoms with Crippen LogP contribution in [0.3, 0.4) is 0 Å². The predicted molar refractivity (Wildman–Crippen MR) is 149 cm³/mol. The van der Waals surface area contributed by atoms with E-state index in [1.54, 1.807) is 13.0 Å². The van der Waals surface area contributed by atoms with Gasteiger partial charge in [0.2, 0.25) is 5.91 Å². The second-order valence-corrected chi connectivity index (χ2v) is 11.4. The molecule has 37 heavy (non-hydrogen) atoms. The number of anilines is 1. The lowest BCUT2D eigenvalue weighted by atomic mass is 10.0. The van der Waals surface area contributed by atoms with Crippen molar-refractivity contribution >= 4 is 23.5 Å². The number of amides is 1. The molecular formula is C27H46FN5O3S. The maximum Gasteiger partial charge on any atom is 0.248 e. The molecule has 0 aromatic carbocycles. The average Bonchev–Trinajstić information content (AvgIpc) is 2.85. The van der Waals surface area contributed by atoms with Crippen LogP contribution in [0.5, 0.6) is 0 Å². The Bertz CT molecular complexity index is 885. The number of ether oxygens (including phenoxy) is 2. The summed E-state index contributed by atoms with van der Waals surface area (Å²) in [6, 6.07) is 1.77. The van der Waals surface area contributed by atoms with Gasteiger partial charge in [0, 0.05) is 38.8 Å². The minimum absolute atomic E-state index is 0.00479. The van der Waals surface area contributed by atoms with Gasteiger partial charge in [0.25, 0.3) is 0 Å². The van der Waals surface area contributed by atoms with Crippen LogP contribution in [0, 0.1) is 0 Å². The van der Waals surface area contributed by atoms with Gasteiger partial charge in [-0.2, -0.15) is 0 Å². The standard InChI is InChI=1S/C27H46FN5O3S/c1-9-14-33(17-13-29-20(3)36-26(4,5)6)24(34)19-35-21-11-15-32(16-12-21)23-18-22(27(7,28)10-2)30-25(31-23)37-8/h18,21,29H,3,9-17,19H2,1-2,4-8H3. The number of halogens is 1. The summed E-state index contributed by atoms with van der Waals surface area (Å²) in [4.78, 5) is 25.8. The molecule has 1 amide bonds. The third-order valence-electron chi connectivity index (χ3n) is 6.26. The SMILES string of the molecule is C=C(NCCN(CCC)C(=O)COC1CCN(c2cc(C(C)(F)CC)nc(SC)n2)CC1)OC(C)(C)C. The van der Waals surface area contributed by atoms with Crippen molar-refractivity contribution in [1.29, 1.82) is 0 Å². The van der Waals surface area contributed by atoms with Gasteiger partial charge in [0.15, 0.2) is 11.0 Å². The second kappa shape index (κ2) is 14.2.